The van der Waals surface area contributed by atoms with E-state index >= 15 is 0 Å². The van der Waals surface area contributed by atoms with Crippen molar-refractivity contribution in [1.82, 2.24) is 16.0 Å². The fraction of sp³-hybridized carbons (Fsp3) is 0. The molecule has 7 heteroatoms. The summed E-state index contributed by atoms with van der Waals surface area (Å²) in [7, 11) is 0. The van der Waals surface area contributed by atoms with Gasteiger partial charge in [-0.2, -0.15) is 10.5 Å². The number of nitriles is 2. The van der Waals surface area contributed by atoms with E-state index in [9.17, 15) is 4.79 Å². The zero-order valence-electron chi connectivity index (χ0n) is 4.70. The fourth-order valence-electron chi connectivity index (χ4n) is 0.224. The van der Waals surface area contributed by atoms with E-state index in [2.05, 4.69) is 0 Å². The Hall–Kier alpha value is -2.15. The van der Waals surface area contributed by atoms with Gasteiger partial charge in [-0.3, -0.25) is 0 Å². The SMILES string of the molecule is N#CNN(NC#N)C(=O)O. The van der Waals surface area contributed by atoms with Crippen molar-refractivity contribution < 1.29 is 9.90 Å². The third-order valence-corrected chi connectivity index (χ3v) is 0.515. The summed E-state index contributed by atoms with van der Waals surface area (Å²) in [5, 5.41) is 24.1. The lowest BCUT2D eigenvalue weighted by molar-refractivity contribution is 0.115. The Balaban J connectivity index is 3.90. The summed E-state index contributed by atoms with van der Waals surface area (Å²) in [4.78, 5) is 9.98. The third-order valence-electron chi connectivity index (χ3n) is 0.515. The summed E-state index contributed by atoms with van der Waals surface area (Å²) < 4.78 is 0. The largest absolute Gasteiger partial charge is 0.462 e. The molecule has 0 atom stereocenters. The zero-order chi connectivity index (χ0) is 7.98. The normalized spacial score (nSPS) is 6.60. The van der Waals surface area contributed by atoms with Gasteiger partial charge in [0.15, 0.2) is 12.4 Å². The van der Waals surface area contributed by atoms with Crippen LogP contribution in [0.5, 0.6) is 0 Å². The van der Waals surface area contributed by atoms with Crippen molar-refractivity contribution in [2.24, 2.45) is 0 Å². The molecular weight excluding hydrogens is 138 g/mol. The first-order valence-electron chi connectivity index (χ1n) is 2.05. The van der Waals surface area contributed by atoms with E-state index in [0.29, 0.717) is 0 Å². The minimum absolute atomic E-state index is 0.222. The van der Waals surface area contributed by atoms with Gasteiger partial charge in [0, 0.05) is 0 Å². The maximum atomic E-state index is 9.98. The monoisotopic (exact) mass is 141 g/mol. The molecule has 0 unspecified atom stereocenters. The standard InChI is InChI=1S/C3H3N5O2/c4-1-6-8(3(9)10)7-2-5/h6-7H,(H,9,10). The number of amides is 1. The van der Waals surface area contributed by atoms with Gasteiger partial charge < -0.3 is 5.11 Å². The van der Waals surface area contributed by atoms with Crippen LogP contribution in [0.4, 0.5) is 4.79 Å². The second kappa shape index (κ2) is 3.80. The maximum absolute atomic E-state index is 9.98. The van der Waals surface area contributed by atoms with Crippen molar-refractivity contribution >= 4 is 6.09 Å². The molecule has 0 aliphatic heterocycles. The molecule has 3 N–H and O–H groups in total. The average molecular weight is 141 g/mol. The Labute approximate surface area is 56.0 Å². The van der Waals surface area contributed by atoms with Crippen molar-refractivity contribution in [2.75, 3.05) is 0 Å². The highest BCUT2D eigenvalue weighted by Gasteiger charge is 2.07. The molecule has 0 spiro atoms. The summed E-state index contributed by atoms with van der Waals surface area (Å²) in [6.45, 7) is 0. The van der Waals surface area contributed by atoms with Crippen LogP contribution < -0.4 is 10.9 Å². The zero-order valence-corrected chi connectivity index (χ0v) is 4.70. The van der Waals surface area contributed by atoms with E-state index in [0.717, 1.165) is 0 Å². The molecule has 0 fully saturated rings. The van der Waals surface area contributed by atoms with Crippen LogP contribution >= 0.6 is 0 Å². The predicted octanol–water partition coefficient (Wildman–Crippen LogP) is -1.06. The van der Waals surface area contributed by atoms with E-state index in [4.69, 9.17) is 15.6 Å². The second-order valence-corrected chi connectivity index (χ2v) is 1.07. The van der Waals surface area contributed by atoms with Gasteiger partial charge in [-0.25, -0.2) is 15.6 Å². The molecular formula is C3H3N5O2. The van der Waals surface area contributed by atoms with Crippen molar-refractivity contribution in [3.05, 3.63) is 0 Å². The lowest BCUT2D eigenvalue weighted by Gasteiger charge is -2.10. The first kappa shape index (κ1) is 7.85. The number of rotatable bonds is 2. The molecule has 0 aromatic rings. The van der Waals surface area contributed by atoms with Gasteiger partial charge in [0.2, 0.25) is 0 Å². The molecule has 0 aliphatic rings. The highest BCUT2D eigenvalue weighted by atomic mass is 16.4. The van der Waals surface area contributed by atoms with Crippen LogP contribution in [0.3, 0.4) is 0 Å². The van der Waals surface area contributed by atoms with Crippen molar-refractivity contribution in [3.8, 4) is 12.4 Å². The second-order valence-electron chi connectivity index (χ2n) is 1.07. The maximum Gasteiger partial charge on any atom is 0.447 e. The molecule has 0 saturated carbocycles. The van der Waals surface area contributed by atoms with Gasteiger partial charge in [-0.15, -0.1) is 5.12 Å². The van der Waals surface area contributed by atoms with Crippen molar-refractivity contribution in [1.29, 1.82) is 10.5 Å². The highest BCUT2D eigenvalue weighted by Crippen LogP contribution is 1.73. The number of hydrogen-bond acceptors (Lipinski definition) is 5. The number of nitrogens with one attached hydrogen (secondary N) is 2. The number of carboxylic acid groups (broad SMARTS) is 1. The van der Waals surface area contributed by atoms with Crippen molar-refractivity contribution in [2.45, 2.75) is 0 Å². The smallest absolute Gasteiger partial charge is 0.447 e. The van der Waals surface area contributed by atoms with E-state index in [-0.39, 0.29) is 5.12 Å². The first-order valence-corrected chi connectivity index (χ1v) is 2.05. The quantitative estimate of drug-likeness (QED) is 0.256. The average Bonchev–Trinajstić information content (AvgIpc) is 1.87. The summed E-state index contributed by atoms with van der Waals surface area (Å²) in [5.74, 6) is 0. The number of carbonyl (C=O) groups is 1. The van der Waals surface area contributed by atoms with Crippen LogP contribution in [0.1, 0.15) is 0 Å². The Morgan fingerprint density at radius 2 is 1.80 bits per heavy atom. The van der Waals surface area contributed by atoms with E-state index in [1.165, 1.54) is 12.4 Å². The Bertz CT molecular complexity index is 184. The Kier molecular flexibility index (Phi) is 2.99. The van der Waals surface area contributed by atoms with E-state index < -0.39 is 6.09 Å². The molecule has 10 heavy (non-hydrogen) atoms. The molecule has 0 radical (unpaired) electrons. The fourth-order valence-corrected chi connectivity index (χ4v) is 0.224. The van der Waals surface area contributed by atoms with Crippen LogP contribution in [-0.4, -0.2) is 16.3 Å². The molecule has 7 nitrogen and oxygen atoms in total. The Morgan fingerprint density at radius 3 is 2.00 bits per heavy atom. The topological polar surface area (TPSA) is 112 Å². The van der Waals surface area contributed by atoms with Gasteiger partial charge in [-0.1, -0.05) is 0 Å². The van der Waals surface area contributed by atoms with Crippen LogP contribution in [0.2, 0.25) is 0 Å². The lowest BCUT2D eigenvalue weighted by atomic mass is 11.1. The van der Waals surface area contributed by atoms with Gasteiger partial charge in [-0.05, 0) is 0 Å². The molecule has 0 aromatic heterocycles. The van der Waals surface area contributed by atoms with E-state index in [1.807, 2.05) is 0 Å². The van der Waals surface area contributed by atoms with Crippen LogP contribution in [0.15, 0.2) is 0 Å². The Morgan fingerprint density at radius 1 is 1.40 bits per heavy atom. The van der Waals surface area contributed by atoms with Gasteiger partial charge in [0.05, 0.1) is 0 Å². The molecule has 0 aliphatic carbocycles. The summed E-state index contributed by atoms with van der Waals surface area (Å²) >= 11 is 0. The summed E-state index contributed by atoms with van der Waals surface area (Å²) in [6, 6.07) is 0. The number of hydrogen-bond donors (Lipinski definition) is 3. The molecule has 0 heterocycles. The molecule has 0 saturated heterocycles. The molecule has 0 aromatic carbocycles. The molecule has 52 valence electrons. The molecule has 0 rings (SSSR count). The van der Waals surface area contributed by atoms with Gasteiger partial charge >= 0.3 is 6.09 Å². The van der Waals surface area contributed by atoms with Crippen LogP contribution in [-0.2, 0) is 0 Å². The predicted molar refractivity (Wildman–Crippen MR) is 27.4 cm³/mol. The van der Waals surface area contributed by atoms with Crippen LogP contribution in [0, 0.1) is 22.9 Å². The minimum Gasteiger partial charge on any atom is -0.462 e. The molecule has 1 amide bonds. The third kappa shape index (κ3) is 2.23. The minimum atomic E-state index is -1.47. The summed E-state index contributed by atoms with van der Waals surface area (Å²) in [6.07, 6.45) is 1.16. The van der Waals surface area contributed by atoms with E-state index in [1.54, 1.807) is 10.9 Å². The number of hydrazine groups is 2. The highest BCUT2D eigenvalue weighted by molar-refractivity contribution is 5.63. The van der Waals surface area contributed by atoms with Crippen LogP contribution in [0.25, 0.3) is 0 Å². The lowest BCUT2D eigenvalue weighted by Crippen LogP contribution is -2.47. The van der Waals surface area contributed by atoms with Crippen molar-refractivity contribution in [3.63, 3.8) is 0 Å². The molecule has 0 bridgehead atoms. The number of nitrogens with zero attached hydrogens (tertiary/aromatic N) is 3. The van der Waals surface area contributed by atoms with Gasteiger partial charge in [0.1, 0.15) is 0 Å². The first-order chi connectivity index (χ1) is 4.72. The summed E-state index contributed by atoms with van der Waals surface area (Å²) in [5.41, 5.74) is 3.38. The van der Waals surface area contributed by atoms with Gasteiger partial charge in [0.25, 0.3) is 0 Å².